The van der Waals surface area contributed by atoms with Crippen LogP contribution in [0.2, 0.25) is 5.02 Å². The Hall–Kier alpha value is -3.95. The number of anilines is 1. The van der Waals surface area contributed by atoms with E-state index in [0.717, 1.165) is 28.8 Å². The highest BCUT2D eigenvalue weighted by Gasteiger charge is 2.38. The van der Waals surface area contributed by atoms with Gasteiger partial charge in [0.2, 0.25) is 11.8 Å². The van der Waals surface area contributed by atoms with Crippen molar-refractivity contribution in [2.24, 2.45) is 0 Å². The number of methoxy groups -OCH3 is 2. The number of thioether (sulfide) groups is 1. The normalized spacial score (nSPS) is 14.8. The molecule has 0 bridgehead atoms. The predicted octanol–water partition coefficient (Wildman–Crippen LogP) is 5.91. The van der Waals surface area contributed by atoms with Crippen molar-refractivity contribution in [1.82, 2.24) is 15.1 Å². The van der Waals surface area contributed by atoms with E-state index in [4.69, 9.17) is 26.2 Å². The molecular weight excluding hydrogens is 560 g/mol. The smallest absolute Gasteiger partial charge is 0.240 e. The van der Waals surface area contributed by atoms with Gasteiger partial charge in [-0.05, 0) is 48.9 Å². The van der Waals surface area contributed by atoms with Gasteiger partial charge in [0.1, 0.15) is 23.9 Å². The quantitative estimate of drug-likeness (QED) is 0.261. The Bertz CT molecular complexity index is 1540. The van der Waals surface area contributed by atoms with Gasteiger partial charge in [-0.15, -0.1) is 11.8 Å². The summed E-state index contributed by atoms with van der Waals surface area (Å²) in [5, 5.41) is 8.30. The molecule has 10 heteroatoms. The number of amides is 2. The fraction of sp³-hybridized carbons (Fsp3) is 0.258. The van der Waals surface area contributed by atoms with Crippen LogP contribution >= 0.6 is 23.4 Å². The first-order chi connectivity index (χ1) is 19.9. The van der Waals surface area contributed by atoms with Crippen molar-refractivity contribution in [3.05, 3.63) is 88.9 Å². The highest BCUT2D eigenvalue weighted by atomic mass is 35.5. The van der Waals surface area contributed by atoms with Gasteiger partial charge in [-0.25, -0.2) is 4.68 Å². The molecule has 1 unspecified atom stereocenters. The Balaban J connectivity index is 1.80. The van der Waals surface area contributed by atoms with Crippen molar-refractivity contribution in [3.8, 4) is 28.4 Å². The van der Waals surface area contributed by atoms with Gasteiger partial charge < -0.3 is 14.8 Å². The minimum absolute atomic E-state index is 0.132. The number of carbonyl (C=O) groups excluding carboxylic acids is 2. The van der Waals surface area contributed by atoms with Crippen LogP contribution in [0.25, 0.3) is 16.9 Å². The lowest BCUT2D eigenvalue weighted by Crippen LogP contribution is -2.42. The van der Waals surface area contributed by atoms with Crippen molar-refractivity contribution in [2.75, 3.05) is 38.0 Å². The van der Waals surface area contributed by atoms with E-state index < -0.39 is 0 Å². The molecule has 1 atom stereocenters. The van der Waals surface area contributed by atoms with E-state index in [2.05, 4.69) is 5.32 Å². The second kappa shape index (κ2) is 12.7. The summed E-state index contributed by atoms with van der Waals surface area (Å²) in [5.74, 6) is 1.69. The number of halogens is 1. The van der Waals surface area contributed by atoms with Crippen LogP contribution in [0.1, 0.15) is 29.7 Å². The number of hydrogen-bond donors (Lipinski definition) is 1. The lowest BCUT2D eigenvalue weighted by Gasteiger charge is -2.23. The predicted molar refractivity (Wildman–Crippen MR) is 164 cm³/mol. The van der Waals surface area contributed by atoms with E-state index in [0.29, 0.717) is 34.6 Å². The third kappa shape index (κ3) is 5.92. The Labute approximate surface area is 248 Å². The topological polar surface area (TPSA) is 85.7 Å². The monoisotopic (exact) mass is 590 g/mol. The molecule has 212 valence electrons. The van der Waals surface area contributed by atoms with Crippen LogP contribution in [0, 0.1) is 0 Å². The molecule has 2 heterocycles. The third-order valence-corrected chi connectivity index (χ3v) is 8.31. The number of nitrogens with zero attached hydrogens (tertiary/aromatic N) is 3. The molecule has 0 aliphatic carbocycles. The van der Waals surface area contributed by atoms with Crippen LogP contribution in [0.4, 0.5) is 5.82 Å². The first kappa shape index (κ1) is 28.6. The first-order valence-corrected chi connectivity index (χ1v) is 14.7. The Morgan fingerprint density at radius 3 is 2.46 bits per heavy atom. The summed E-state index contributed by atoms with van der Waals surface area (Å²) in [6, 6.07) is 22.7. The highest BCUT2D eigenvalue weighted by molar-refractivity contribution is 8.00. The zero-order valence-electron chi connectivity index (χ0n) is 23.1. The molecule has 0 saturated heterocycles. The van der Waals surface area contributed by atoms with Gasteiger partial charge in [-0.3, -0.25) is 14.5 Å². The summed E-state index contributed by atoms with van der Waals surface area (Å²) < 4.78 is 12.9. The number of ether oxygens (including phenoxy) is 2. The standard InChI is InChI=1S/C31H31ClN4O4S/c1-4-17-33-26(37)18-35-27(38)19-41-30(24-7-5-6-8-25(24)40-3)28-29(20-9-11-21(32)12-10-20)34-36(31(28)35)22-13-15-23(39-2)16-14-22/h5-16,30H,4,17-19H2,1-3H3,(H,33,37). The lowest BCUT2D eigenvalue weighted by atomic mass is 9.99. The number of nitrogens with one attached hydrogen (secondary N) is 1. The minimum Gasteiger partial charge on any atom is -0.497 e. The number of aromatic nitrogens is 2. The fourth-order valence-electron chi connectivity index (χ4n) is 4.84. The molecule has 3 aromatic carbocycles. The maximum absolute atomic E-state index is 13.8. The molecule has 5 rings (SSSR count). The van der Waals surface area contributed by atoms with E-state index in [9.17, 15) is 9.59 Å². The zero-order chi connectivity index (χ0) is 28.9. The second-order valence-electron chi connectivity index (χ2n) is 9.47. The maximum atomic E-state index is 13.8. The average Bonchev–Trinajstić information content (AvgIpc) is 3.33. The van der Waals surface area contributed by atoms with E-state index >= 15 is 0 Å². The van der Waals surface area contributed by atoms with Gasteiger partial charge in [0.15, 0.2) is 0 Å². The number of rotatable bonds is 9. The van der Waals surface area contributed by atoms with Crippen molar-refractivity contribution in [2.45, 2.75) is 18.6 Å². The Kier molecular flexibility index (Phi) is 8.85. The molecule has 1 N–H and O–H groups in total. The number of para-hydroxylation sites is 1. The van der Waals surface area contributed by atoms with Crippen molar-refractivity contribution in [1.29, 1.82) is 0 Å². The average molecular weight is 591 g/mol. The summed E-state index contributed by atoms with van der Waals surface area (Å²) in [6.45, 7) is 2.38. The molecule has 1 aliphatic rings. The van der Waals surface area contributed by atoms with Crippen molar-refractivity contribution >= 4 is 41.0 Å². The minimum atomic E-state index is -0.313. The molecule has 0 radical (unpaired) electrons. The first-order valence-electron chi connectivity index (χ1n) is 13.3. The van der Waals surface area contributed by atoms with Gasteiger partial charge in [0, 0.05) is 28.3 Å². The molecule has 2 amide bonds. The zero-order valence-corrected chi connectivity index (χ0v) is 24.7. The highest BCUT2D eigenvalue weighted by Crippen LogP contribution is 2.50. The van der Waals surface area contributed by atoms with E-state index in [1.54, 1.807) is 23.8 Å². The van der Waals surface area contributed by atoms with Gasteiger partial charge in [-0.1, -0.05) is 48.9 Å². The molecule has 41 heavy (non-hydrogen) atoms. The van der Waals surface area contributed by atoms with Gasteiger partial charge >= 0.3 is 0 Å². The summed E-state index contributed by atoms with van der Waals surface area (Å²) >= 11 is 7.74. The molecular formula is C31H31ClN4O4S. The van der Waals surface area contributed by atoms with Crippen molar-refractivity contribution in [3.63, 3.8) is 0 Å². The fourth-order valence-corrected chi connectivity index (χ4v) is 6.19. The van der Waals surface area contributed by atoms with Crippen LogP contribution < -0.4 is 19.7 Å². The van der Waals surface area contributed by atoms with Gasteiger partial charge in [0.05, 0.1) is 36.6 Å². The van der Waals surface area contributed by atoms with Crippen molar-refractivity contribution < 1.29 is 19.1 Å². The second-order valence-corrected chi connectivity index (χ2v) is 11.0. The van der Waals surface area contributed by atoms with Crippen LogP contribution in [-0.4, -0.2) is 54.7 Å². The molecule has 0 spiro atoms. The summed E-state index contributed by atoms with van der Waals surface area (Å²) in [7, 11) is 3.25. The molecule has 8 nitrogen and oxygen atoms in total. The number of benzene rings is 3. The number of fused-ring (bicyclic) bond motifs is 1. The number of carbonyl (C=O) groups is 2. The number of hydrogen-bond acceptors (Lipinski definition) is 6. The SMILES string of the molecule is CCCNC(=O)CN1C(=O)CSC(c2ccccc2OC)c2c(-c3ccc(Cl)cc3)nn(-c3ccc(OC)cc3)c21. The molecule has 1 aromatic heterocycles. The van der Waals surface area contributed by atoms with Crippen LogP contribution in [0.3, 0.4) is 0 Å². The van der Waals surface area contributed by atoms with E-state index in [1.807, 2.05) is 79.7 Å². The van der Waals surface area contributed by atoms with Crippen LogP contribution in [0.15, 0.2) is 72.8 Å². The largest absolute Gasteiger partial charge is 0.497 e. The lowest BCUT2D eigenvalue weighted by molar-refractivity contribution is -0.122. The van der Waals surface area contributed by atoms with E-state index in [-0.39, 0.29) is 29.4 Å². The summed E-state index contributed by atoms with van der Waals surface area (Å²) in [6.07, 6.45) is 0.793. The Morgan fingerprint density at radius 2 is 1.78 bits per heavy atom. The Morgan fingerprint density at radius 1 is 1.05 bits per heavy atom. The maximum Gasteiger partial charge on any atom is 0.240 e. The molecule has 0 saturated carbocycles. The third-order valence-electron chi connectivity index (χ3n) is 6.82. The molecule has 1 aliphatic heterocycles. The molecule has 0 fully saturated rings. The van der Waals surface area contributed by atoms with Crippen LogP contribution in [0.5, 0.6) is 11.5 Å². The van der Waals surface area contributed by atoms with Gasteiger partial charge in [-0.2, -0.15) is 5.10 Å². The van der Waals surface area contributed by atoms with E-state index in [1.165, 1.54) is 11.8 Å². The molecule has 4 aromatic rings. The summed E-state index contributed by atoms with van der Waals surface area (Å²) in [4.78, 5) is 28.4. The summed E-state index contributed by atoms with van der Waals surface area (Å²) in [5.41, 5.74) is 3.97. The van der Waals surface area contributed by atoms with Crippen LogP contribution in [-0.2, 0) is 9.59 Å². The van der Waals surface area contributed by atoms with Gasteiger partial charge in [0.25, 0.3) is 0 Å².